The molecule has 0 saturated heterocycles. The van der Waals surface area contributed by atoms with E-state index in [0.29, 0.717) is 16.7 Å². The van der Waals surface area contributed by atoms with Gasteiger partial charge in [-0.2, -0.15) is 0 Å². The second-order valence-electron chi connectivity index (χ2n) is 8.86. The van der Waals surface area contributed by atoms with Gasteiger partial charge in [-0.15, -0.1) is 0 Å². The van der Waals surface area contributed by atoms with Gasteiger partial charge in [0.15, 0.2) is 11.4 Å². The van der Waals surface area contributed by atoms with Crippen molar-refractivity contribution in [3.63, 3.8) is 0 Å². The lowest BCUT2D eigenvalue weighted by atomic mass is 9.57. The third-order valence-corrected chi connectivity index (χ3v) is 7.02. The van der Waals surface area contributed by atoms with Gasteiger partial charge in [-0.1, -0.05) is 48.5 Å². The second kappa shape index (κ2) is 7.66. The van der Waals surface area contributed by atoms with Crippen molar-refractivity contribution in [1.82, 2.24) is 0 Å². The number of ketones is 2. The van der Waals surface area contributed by atoms with Crippen molar-refractivity contribution in [3.05, 3.63) is 87.9 Å². The van der Waals surface area contributed by atoms with Crippen molar-refractivity contribution in [2.75, 3.05) is 0 Å². The van der Waals surface area contributed by atoms with E-state index in [0.717, 1.165) is 0 Å². The number of hydrogen-bond acceptors (Lipinski definition) is 8. The van der Waals surface area contributed by atoms with E-state index >= 15 is 0 Å². The molecule has 178 valence electrons. The van der Waals surface area contributed by atoms with Gasteiger partial charge in [0.1, 0.15) is 22.8 Å². The van der Waals surface area contributed by atoms with Crippen LogP contribution in [0.3, 0.4) is 0 Å². The highest BCUT2D eigenvalue weighted by Crippen LogP contribution is 2.55. The third kappa shape index (κ3) is 2.99. The number of Topliss-reactive ketones (excluding diaryl/α,β-unsaturated/α-hetero) is 2. The molecule has 0 radical (unpaired) electrons. The third-order valence-electron chi connectivity index (χ3n) is 7.02. The Morgan fingerprint density at radius 1 is 1.03 bits per heavy atom. The Labute approximate surface area is 198 Å². The van der Waals surface area contributed by atoms with Crippen molar-refractivity contribution >= 4 is 29.1 Å². The van der Waals surface area contributed by atoms with Crippen LogP contribution in [0, 0.1) is 11.8 Å². The number of fused-ring (bicyclic) bond motifs is 3. The summed E-state index contributed by atoms with van der Waals surface area (Å²) in [5.74, 6) is -8.48. The summed E-state index contributed by atoms with van der Waals surface area (Å²) in [5, 5.41) is 54.9. The number of phenolic OH excluding ortho intramolecular Hbond substituents is 1. The average molecular weight is 475 g/mol. The zero-order valence-corrected chi connectivity index (χ0v) is 18.2. The number of benzene rings is 2. The zero-order valence-electron chi connectivity index (χ0n) is 18.2. The molecule has 0 spiro atoms. The van der Waals surface area contributed by atoms with Gasteiger partial charge < -0.3 is 31.3 Å². The molecule has 4 atom stereocenters. The lowest BCUT2D eigenvalue weighted by molar-refractivity contribution is -0.152. The van der Waals surface area contributed by atoms with Gasteiger partial charge in [0.2, 0.25) is 5.78 Å². The molecule has 9 heteroatoms. The standard InChI is InChI=1S/C26H21NO8/c27-25(34)19-16(29)10-14-21(30)18-13(9-11-5-2-1-3-6-11)12-7-4-8-15(28)17(12)22(31)20(18)24(33)26(14,35)23(19)32/h1-9,14,18,21,28-30,33,35H,10H2,(H2,27,34)/b13-9+/t14?,18?,21-,26-/m1/s1. The quantitative estimate of drug-likeness (QED) is 0.354. The van der Waals surface area contributed by atoms with Crippen LogP contribution < -0.4 is 5.73 Å². The number of aliphatic hydroxyl groups excluding tert-OH is 3. The number of aliphatic hydroxyl groups is 4. The molecule has 2 aromatic rings. The first kappa shape index (κ1) is 22.6. The molecular weight excluding hydrogens is 454 g/mol. The predicted molar refractivity (Wildman–Crippen MR) is 123 cm³/mol. The molecule has 1 amide bonds. The van der Waals surface area contributed by atoms with Gasteiger partial charge in [-0.3, -0.25) is 14.4 Å². The molecule has 2 unspecified atom stereocenters. The van der Waals surface area contributed by atoms with Crippen molar-refractivity contribution < 1.29 is 39.9 Å². The molecule has 3 aliphatic carbocycles. The number of aromatic hydroxyl groups is 1. The van der Waals surface area contributed by atoms with E-state index in [1.165, 1.54) is 12.1 Å². The molecule has 3 aliphatic rings. The van der Waals surface area contributed by atoms with Gasteiger partial charge in [-0.25, -0.2) is 0 Å². The monoisotopic (exact) mass is 475 g/mol. The normalized spacial score (nSPS) is 29.1. The number of hydrogen-bond donors (Lipinski definition) is 6. The molecule has 7 N–H and O–H groups in total. The Bertz CT molecular complexity index is 1400. The average Bonchev–Trinajstić information content (AvgIpc) is 2.81. The van der Waals surface area contributed by atoms with Crippen LogP contribution in [0.1, 0.15) is 27.9 Å². The zero-order chi connectivity index (χ0) is 25.2. The van der Waals surface area contributed by atoms with Crippen LogP contribution in [0.4, 0.5) is 0 Å². The lowest BCUT2D eigenvalue weighted by Gasteiger charge is -2.49. The van der Waals surface area contributed by atoms with Crippen molar-refractivity contribution in [3.8, 4) is 5.75 Å². The maximum Gasteiger partial charge on any atom is 0.255 e. The molecule has 0 bridgehead atoms. The Morgan fingerprint density at radius 3 is 2.37 bits per heavy atom. The Balaban J connectivity index is 1.83. The van der Waals surface area contributed by atoms with Gasteiger partial charge in [-0.05, 0) is 22.8 Å². The second-order valence-corrected chi connectivity index (χ2v) is 8.86. The topological polar surface area (TPSA) is 178 Å². The van der Waals surface area contributed by atoms with E-state index in [1.807, 2.05) is 0 Å². The highest BCUT2D eigenvalue weighted by Gasteiger charge is 2.63. The number of nitrogens with two attached hydrogens (primary N) is 1. The van der Waals surface area contributed by atoms with Crippen LogP contribution in [-0.4, -0.2) is 54.7 Å². The maximum absolute atomic E-state index is 13.5. The molecule has 9 nitrogen and oxygen atoms in total. The number of carbonyl (C=O) groups excluding carboxylic acids is 3. The first-order chi connectivity index (χ1) is 16.6. The van der Waals surface area contributed by atoms with Crippen LogP contribution >= 0.6 is 0 Å². The Kier molecular flexibility index (Phi) is 4.94. The van der Waals surface area contributed by atoms with E-state index in [4.69, 9.17) is 5.73 Å². The minimum atomic E-state index is -2.88. The molecule has 0 fully saturated rings. The summed E-state index contributed by atoms with van der Waals surface area (Å²) in [6.45, 7) is 0. The fourth-order valence-electron chi connectivity index (χ4n) is 5.41. The first-order valence-electron chi connectivity index (χ1n) is 10.8. The molecular formula is C26H21NO8. The van der Waals surface area contributed by atoms with E-state index in [1.54, 1.807) is 42.5 Å². The van der Waals surface area contributed by atoms with E-state index in [9.17, 15) is 39.9 Å². The highest BCUT2D eigenvalue weighted by molar-refractivity contribution is 6.25. The molecule has 5 rings (SSSR count). The van der Waals surface area contributed by atoms with Crippen molar-refractivity contribution in [2.24, 2.45) is 17.6 Å². The number of amides is 1. The fraction of sp³-hybridized carbons (Fsp3) is 0.192. The Morgan fingerprint density at radius 2 is 1.71 bits per heavy atom. The van der Waals surface area contributed by atoms with E-state index in [-0.39, 0.29) is 11.3 Å². The molecule has 0 saturated carbocycles. The predicted octanol–water partition coefficient (Wildman–Crippen LogP) is 1.55. The summed E-state index contributed by atoms with van der Waals surface area (Å²) in [5.41, 5.74) is 2.12. The van der Waals surface area contributed by atoms with Crippen molar-refractivity contribution in [2.45, 2.75) is 18.1 Å². The fourth-order valence-corrected chi connectivity index (χ4v) is 5.41. The molecule has 0 aromatic heterocycles. The van der Waals surface area contributed by atoms with Crippen LogP contribution in [0.2, 0.25) is 0 Å². The van der Waals surface area contributed by atoms with Crippen molar-refractivity contribution in [1.29, 1.82) is 0 Å². The van der Waals surface area contributed by atoms with E-state index < -0.39 is 70.1 Å². The SMILES string of the molecule is NC(=O)C1=C(O)CC2[C@@H](O)C3C(=C(O)[C@]2(O)C1=O)C(=O)c1c(O)cccc1/C3=C\c1ccccc1. The van der Waals surface area contributed by atoms with Crippen LogP contribution in [0.25, 0.3) is 11.6 Å². The first-order valence-corrected chi connectivity index (χ1v) is 10.8. The van der Waals surface area contributed by atoms with Gasteiger partial charge >= 0.3 is 0 Å². The molecule has 2 aromatic carbocycles. The smallest absolute Gasteiger partial charge is 0.255 e. The highest BCUT2D eigenvalue weighted by atomic mass is 16.4. The lowest BCUT2D eigenvalue weighted by Crippen LogP contribution is -2.62. The summed E-state index contributed by atoms with van der Waals surface area (Å²) in [6.07, 6.45) is -0.512. The summed E-state index contributed by atoms with van der Waals surface area (Å²) >= 11 is 0. The largest absolute Gasteiger partial charge is 0.511 e. The van der Waals surface area contributed by atoms with Crippen LogP contribution in [0.15, 0.2) is 71.2 Å². The summed E-state index contributed by atoms with van der Waals surface area (Å²) < 4.78 is 0. The minimum Gasteiger partial charge on any atom is -0.511 e. The Hall–Kier alpha value is -4.21. The van der Waals surface area contributed by atoms with Gasteiger partial charge in [0.25, 0.3) is 5.91 Å². The molecule has 0 heterocycles. The number of phenols is 1. The summed E-state index contributed by atoms with van der Waals surface area (Å²) in [4.78, 5) is 38.4. The summed E-state index contributed by atoms with van der Waals surface area (Å²) in [6, 6.07) is 13.3. The number of primary amides is 1. The summed E-state index contributed by atoms with van der Waals surface area (Å²) in [7, 11) is 0. The number of rotatable bonds is 2. The molecule has 35 heavy (non-hydrogen) atoms. The van der Waals surface area contributed by atoms with E-state index in [2.05, 4.69) is 0 Å². The van der Waals surface area contributed by atoms with Crippen LogP contribution in [0.5, 0.6) is 5.75 Å². The van der Waals surface area contributed by atoms with Crippen LogP contribution in [-0.2, 0) is 9.59 Å². The maximum atomic E-state index is 13.5. The molecule has 0 aliphatic heterocycles. The van der Waals surface area contributed by atoms with Gasteiger partial charge in [0.05, 0.1) is 17.2 Å². The number of allylic oxidation sites excluding steroid dienone is 1. The number of carbonyl (C=O) groups is 3. The van der Waals surface area contributed by atoms with Gasteiger partial charge in [0, 0.05) is 18.3 Å². The minimum absolute atomic E-state index is 0.168.